The number of rotatable bonds is 3. The van der Waals surface area contributed by atoms with Gasteiger partial charge in [0.15, 0.2) is 0 Å². The van der Waals surface area contributed by atoms with Gasteiger partial charge in [0.2, 0.25) is 15.9 Å². The number of hydrogen-bond acceptors (Lipinski definition) is 5. The Balaban J connectivity index is 1.74. The molecule has 1 aromatic carbocycles. The first kappa shape index (κ1) is 18.9. The van der Waals surface area contributed by atoms with Gasteiger partial charge in [-0.1, -0.05) is 25.1 Å². The standard InChI is InChI=1S/C20H23N3O4S/c1-2-19(24)22-12-10-20(14-22)15-23(13-16-7-5-6-11-21-16)28(25,26)18-9-4-3-8-17(18)27-20/h3-9,11H,2,10,12-15H2,1H3/t20-/m0/s1. The highest BCUT2D eigenvalue weighted by atomic mass is 32.2. The number of ether oxygens (including phenoxy) is 1. The number of sulfonamides is 1. The number of amides is 1. The molecule has 4 rings (SSSR count). The zero-order valence-corrected chi connectivity index (χ0v) is 16.6. The lowest BCUT2D eigenvalue weighted by Crippen LogP contribution is -2.49. The molecule has 0 aliphatic carbocycles. The smallest absolute Gasteiger partial charge is 0.247 e. The van der Waals surface area contributed by atoms with Crippen LogP contribution in [-0.2, 0) is 21.4 Å². The highest BCUT2D eigenvalue weighted by Crippen LogP contribution is 2.38. The summed E-state index contributed by atoms with van der Waals surface area (Å²) in [7, 11) is -3.76. The minimum atomic E-state index is -3.76. The molecule has 0 bridgehead atoms. The van der Waals surface area contributed by atoms with Crippen LogP contribution < -0.4 is 4.74 Å². The second-order valence-corrected chi connectivity index (χ2v) is 9.15. The van der Waals surface area contributed by atoms with E-state index in [1.807, 2.05) is 13.0 Å². The monoisotopic (exact) mass is 401 g/mol. The molecular formula is C20H23N3O4S. The third-order valence-electron chi connectivity index (χ3n) is 5.29. The first-order chi connectivity index (χ1) is 13.4. The van der Waals surface area contributed by atoms with Crippen molar-refractivity contribution >= 4 is 15.9 Å². The highest BCUT2D eigenvalue weighted by Gasteiger charge is 2.48. The van der Waals surface area contributed by atoms with Crippen LogP contribution >= 0.6 is 0 Å². The molecule has 2 aliphatic heterocycles. The topological polar surface area (TPSA) is 79.8 Å². The number of aromatic nitrogens is 1. The Morgan fingerprint density at radius 3 is 2.71 bits per heavy atom. The Morgan fingerprint density at radius 2 is 1.96 bits per heavy atom. The van der Waals surface area contributed by atoms with Crippen LogP contribution in [-0.4, -0.2) is 53.7 Å². The van der Waals surface area contributed by atoms with Crippen LogP contribution in [0.3, 0.4) is 0 Å². The maximum absolute atomic E-state index is 13.4. The number of para-hydroxylation sites is 1. The van der Waals surface area contributed by atoms with Crippen molar-refractivity contribution in [2.75, 3.05) is 19.6 Å². The van der Waals surface area contributed by atoms with Gasteiger partial charge in [-0.2, -0.15) is 4.31 Å². The highest BCUT2D eigenvalue weighted by molar-refractivity contribution is 7.89. The molecule has 0 unspecified atom stereocenters. The Labute approximate surface area is 165 Å². The van der Waals surface area contributed by atoms with Crippen molar-refractivity contribution in [3.8, 4) is 5.75 Å². The summed E-state index contributed by atoms with van der Waals surface area (Å²) in [5.74, 6) is 0.397. The van der Waals surface area contributed by atoms with Crippen molar-refractivity contribution in [1.29, 1.82) is 0 Å². The lowest BCUT2D eigenvalue weighted by molar-refractivity contribution is -0.130. The molecule has 7 nitrogen and oxygen atoms in total. The lowest BCUT2D eigenvalue weighted by atomic mass is 10.0. The van der Waals surface area contributed by atoms with E-state index >= 15 is 0 Å². The van der Waals surface area contributed by atoms with Crippen molar-refractivity contribution in [1.82, 2.24) is 14.2 Å². The zero-order valence-electron chi connectivity index (χ0n) is 15.7. The van der Waals surface area contributed by atoms with Gasteiger partial charge >= 0.3 is 0 Å². The fourth-order valence-electron chi connectivity index (χ4n) is 3.87. The Kier molecular flexibility index (Phi) is 4.84. The van der Waals surface area contributed by atoms with E-state index in [4.69, 9.17) is 4.74 Å². The van der Waals surface area contributed by atoms with Crippen molar-refractivity contribution in [3.63, 3.8) is 0 Å². The molecule has 0 radical (unpaired) electrons. The van der Waals surface area contributed by atoms with Crippen molar-refractivity contribution < 1.29 is 17.9 Å². The van der Waals surface area contributed by atoms with Crippen LogP contribution in [0.25, 0.3) is 0 Å². The maximum Gasteiger partial charge on any atom is 0.247 e. The Hall–Kier alpha value is -2.45. The van der Waals surface area contributed by atoms with Crippen LogP contribution in [0, 0.1) is 0 Å². The number of fused-ring (bicyclic) bond motifs is 1. The van der Waals surface area contributed by atoms with Crippen molar-refractivity contribution in [2.24, 2.45) is 0 Å². The zero-order chi connectivity index (χ0) is 19.8. The van der Waals surface area contributed by atoms with Gasteiger partial charge in [0.25, 0.3) is 0 Å². The molecule has 0 saturated carbocycles. The molecule has 148 valence electrons. The molecule has 1 atom stereocenters. The second kappa shape index (κ2) is 7.18. The van der Waals surface area contributed by atoms with E-state index in [2.05, 4.69) is 4.98 Å². The minimum absolute atomic E-state index is 0.0529. The summed E-state index contributed by atoms with van der Waals surface area (Å²) in [6.07, 6.45) is 2.65. The van der Waals surface area contributed by atoms with Crippen LogP contribution in [0.4, 0.5) is 0 Å². The molecule has 1 amide bonds. The van der Waals surface area contributed by atoms with Crippen molar-refractivity contribution in [2.45, 2.75) is 36.8 Å². The SMILES string of the molecule is CCC(=O)N1CC[C@]2(C1)CN(Cc1ccccn1)S(=O)(=O)c1ccccc1O2. The van der Waals surface area contributed by atoms with E-state index in [-0.39, 0.29) is 23.9 Å². The van der Waals surface area contributed by atoms with Gasteiger partial charge in [-0.15, -0.1) is 0 Å². The van der Waals surface area contributed by atoms with Crippen LogP contribution in [0.5, 0.6) is 5.75 Å². The number of carbonyl (C=O) groups is 1. The second-order valence-electron chi connectivity index (χ2n) is 7.24. The van der Waals surface area contributed by atoms with Crippen LogP contribution in [0.2, 0.25) is 0 Å². The normalized spacial score (nSPS) is 23.8. The fraction of sp³-hybridized carbons (Fsp3) is 0.400. The Bertz CT molecular complexity index is 980. The van der Waals surface area contributed by atoms with E-state index in [9.17, 15) is 13.2 Å². The minimum Gasteiger partial charge on any atom is -0.483 e. The number of pyridine rings is 1. The van der Waals surface area contributed by atoms with Gasteiger partial charge < -0.3 is 9.64 Å². The van der Waals surface area contributed by atoms with Gasteiger partial charge in [-0.3, -0.25) is 9.78 Å². The molecule has 0 N–H and O–H groups in total. The maximum atomic E-state index is 13.4. The largest absolute Gasteiger partial charge is 0.483 e. The van der Waals surface area contributed by atoms with E-state index in [0.717, 1.165) is 0 Å². The predicted octanol–water partition coefficient (Wildman–Crippen LogP) is 2.05. The third-order valence-corrected chi connectivity index (χ3v) is 7.13. The van der Waals surface area contributed by atoms with Crippen LogP contribution in [0.1, 0.15) is 25.5 Å². The van der Waals surface area contributed by atoms with Gasteiger partial charge in [0.1, 0.15) is 16.2 Å². The summed E-state index contributed by atoms with van der Waals surface area (Å²) < 4.78 is 34.5. The Morgan fingerprint density at radius 1 is 1.18 bits per heavy atom. The number of benzene rings is 1. The molecule has 3 heterocycles. The third kappa shape index (κ3) is 3.38. The summed E-state index contributed by atoms with van der Waals surface area (Å²) in [6.45, 7) is 3.10. The fourth-order valence-corrected chi connectivity index (χ4v) is 5.47. The van der Waals surface area contributed by atoms with Gasteiger partial charge in [0, 0.05) is 25.6 Å². The molecule has 28 heavy (non-hydrogen) atoms. The first-order valence-corrected chi connectivity index (χ1v) is 10.8. The summed E-state index contributed by atoms with van der Waals surface area (Å²) in [5, 5.41) is 0. The average Bonchev–Trinajstić information content (AvgIpc) is 3.08. The summed E-state index contributed by atoms with van der Waals surface area (Å²) in [6, 6.07) is 12.2. The van der Waals surface area contributed by atoms with E-state index in [1.165, 1.54) is 4.31 Å². The van der Waals surface area contributed by atoms with E-state index < -0.39 is 15.6 Å². The van der Waals surface area contributed by atoms with E-state index in [1.54, 1.807) is 47.5 Å². The molecule has 1 spiro atoms. The quantitative estimate of drug-likeness (QED) is 0.786. The van der Waals surface area contributed by atoms with Crippen molar-refractivity contribution in [3.05, 3.63) is 54.4 Å². The number of nitrogens with zero attached hydrogens (tertiary/aromatic N) is 3. The summed E-state index contributed by atoms with van der Waals surface area (Å²) >= 11 is 0. The predicted molar refractivity (Wildman–Crippen MR) is 103 cm³/mol. The molecular weight excluding hydrogens is 378 g/mol. The molecule has 1 aromatic heterocycles. The number of hydrogen-bond donors (Lipinski definition) is 0. The molecule has 1 fully saturated rings. The summed E-state index contributed by atoms with van der Waals surface area (Å²) in [5.41, 5.74) is -0.0978. The molecule has 1 saturated heterocycles. The van der Waals surface area contributed by atoms with Gasteiger partial charge in [-0.05, 0) is 24.3 Å². The first-order valence-electron chi connectivity index (χ1n) is 9.39. The lowest BCUT2D eigenvalue weighted by Gasteiger charge is -2.31. The summed E-state index contributed by atoms with van der Waals surface area (Å²) in [4.78, 5) is 18.4. The molecule has 2 aliphatic rings. The van der Waals surface area contributed by atoms with E-state index in [0.29, 0.717) is 37.4 Å². The number of likely N-dealkylation sites (tertiary alicyclic amines) is 1. The molecule has 8 heteroatoms. The average molecular weight is 401 g/mol. The van der Waals surface area contributed by atoms with Crippen LogP contribution in [0.15, 0.2) is 53.6 Å². The van der Waals surface area contributed by atoms with Gasteiger partial charge in [0.05, 0.1) is 25.3 Å². The van der Waals surface area contributed by atoms with Gasteiger partial charge in [-0.25, -0.2) is 8.42 Å². The number of carbonyl (C=O) groups excluding carboxylic acids is 1. The molecule has 2 aromatic rings.